The van der Waals surface area contributed by atoms with Gasteiger partial charge in [-0.2, -0.15) is 0 Å². The Hall–Kier alpha value is -3.65. The Morgan fingerprint density at radius 2 is 1.89 bits per heavy atom. The largest absolute Gasteiger partial charge is 0.497 e. The summed E-state index contributed by atoms with van der Waals surface area (Å²) in [5.74, 6) is 0.627. The van der Waals surface area contributed by atoms with E-state index in [-0.39, 0.29) is 5.56 Å². The fraction of sp³-hybridized carbons (Fsp3) is 0.370. The molecule has 8 nitrogen and oxygen atoms in total. The number of benzene rings is 1. The number of carbonyl (C=O) groups is 1. The van der Waals surface area contributed by atoms with Gasteiger partial charge in [0.1, 0.15) is 17.1 Å². The second kappa shape index (κ2) is 11.7. The van der Waals surface area contributed by atoms with Crippen LogP contribution in [0.25, 0.3) is 0 Å². The van der Waals surface area contributed by atoms with Crippen molar-refractivity contribution in [3.63, 3.8) is 0 Å². The van der Waals surface area contributed by atoms with Crippen LogP contribution >= 0.6 is 0 Å². The van der Waals surface area contributed by atoms with E-state index in [9.17, 15) is 9.59 Å². The van der Waals surface area contributed by atoms with E-state index in [1.807, 2.05) is 42.6 Å². The SMILES string of the molecule is COC(=O)c1c(OCCCc2cccnc2)cc(=O)n2c1CCN(Cc1ccc(OC)cc1)CC2. The highest BCUT2D eigenvalue weighted by molar-refractivity contribution is 5.93. The lowest BCUT2D eigenvalue weighted by Gasteiger charge is -2.19. The van der Waals surface area contributed by atoms with Crippen LogP contribution in [0.15, 0.2) is 59.7 Å². The van der Waals surface area contributed by atoms with Gasteiger partial charge in [-0.25, -0.2) is 4.79 Å². The number of fused-ring (bicyclic) bond motifs is 1. The lowest BCUT2D eigenvalue weighted by molar-refractivity contribution is 0.0593. The predicted molar refractivity (Wildman–Crippen MR) is 132 cm³/mol. The number of hydrogen-bond donors (Lipinski definition) is 0. The molecule has 1 aromatic carbocycles. The number of nitrogens with zero attached hydrogens (tertiary/aromatic N) is 3. The molecule has 3 aromatic rings. The van der Waals surface area contributed by atoms with Gasteiger partial charge in [0.05, 0.1) is 20.8 Å². The van der Waals surface area contributed by atoms with Gasteiger partial charge < -0.3 is 18.8 Å². The second-order valence-corrected chi connectivity index (χ2v) is 8.50. The van der Waals surface area contributed by atoms with Crippen molar-refractivity contribution in [2.24, 2.45) is 0 Å². The molecule has 0 bridgehead atoms. The second-order valence-electron chi connectivity index (χ2n) is 8.50. The van der Waals surface area contributed by atoms with Crippen LogP contribution in [0, 0.1) is 0 Å². The van der Waals surface area contributed by atoms with E-state index in [2.05, 4.69) is 9.88 Å². The van der Waals surface area contributed by atoms with Gasteiger partial charge in [0.2, 0.25) is 0 Å². The van der Waals surface area contributed by atoms with Crippen LogP contribution < -0.4 is 15.0 Å². The zero-order valence-electron chi connectivity index (χ0n) is 20.2. The average Bonchev–Trinajstić information content (AvgIpc) is 3.10. The minimum absolute atomic E-state index is 0.166. The molecule has 0 unspecified atom stereocenters. The molecule has 0 atom stereocenters. The van der Waals surface area contributed by atoms with Crippen molar-refractivity contribution in [1.82, 2.24) is 14.5 Å². The van der Waals surface area contributed by atoms with E-state index >= 15 is 0 Å². The molecule has 4 rings (SSSR count). The molecule has 2 aromatic heterocycles. The van der Waals surface area contributed by atoms with Gasteiger partial charge in [0, 0.05) is 56.8 Å². The number of aryl methyl sites for hydroxylation is 1. The number of rotatable bonds is 9. The number of esters is 1. The van der Waals surface area contributed by atoms with Crippen LogP contribution in [-0.4, -0.2) is 54.3 Å². The normalized spacial score (nSPS) is 13.5. The average molecular weight is 478 g/mol. The lowest BCUT2D eigenvalue weighted by Crippen LogP contribution is -2.29. The molecule has 35 heavy (non-hydrogen) atoms. The fourth-order valence-electron chi connectivity index (χ4n) is 4.38. The first kappa shape index (κ1) is 24.5. The van der Waals surface area contributed by atoms with Crippen molar-refractivity contribution in [1.29, 1.82) is 0 Å². The van der Waals surface area contributed by atoms with E-state index in [1.54, 1.807) is 17.9 Å². The molecule has 0 N–H and O–H groups in total. The minimum Gasteiger partial charge on any atom is -0.497 e. The molecular weight excluding hydrogens is 446 g/mol. The minimum atomic E-state index is -0.486. The summed E-state index contributed by atoms with van der Waals surface area (Å²) >= 11 is 0. The van der Waals surface area contributed by atoms with Gasteiger partial charge in [0.15, 0.2) is 0 Å². The van der Waals surface area contributed by atoms with Gasteiger partial charge >= 0.3 is 5.97 Å². The van der Waals surface area contributed by atoms with Gasteiger partial charge in [-0.3, -0.25) is 14.7 Å². The monoisotopic (exact) mass is 477 g/mol. The third kappa shape index (κ3) is 6.08. The quantitative estimate of drug-likeness (QED) is 0.346. The standard InChI is InChI=1S/C27H31N3O5/c1-33-22-9-7-21(8-10-22)19-29-13-11-23-26(27(32)34-2)24(17-25(31)30(23)15-14-29)35-16-4-6-20-5-3-12-28-18-20/h3,5,7-10,12,17-18H,4,6,11,13-16,19H2,1-2H3. The van der Waals surface area contributed by atoms with E-state index in [4.69, 9.17) is 14.2 Å². The predicted octanol–water partition coefficient (Wildman–Crippen LogP) is 3.11. The van der Waals surface area contributed by atoms with Crippen LogP contribution in [0.4, 0.5) is 0 Å². The smallest absolute Gasteiger partial charge is 0.343 e. The third-order valence-electron chi connectivity index (χ3n) is 6.23. The number of ether oxygens (including phenoxy) is 3. The highest BCUT2D eigenvalue weighted by atomic mass is 16.5. The van der Waals surface area contributed by atoms with Crippen molar-refractivity contribution < 1.29 is 19.0 Å². The molecule has 3 heterocycles. The summed E-state index contributed by atoms with van der Waals surface area (Å²) in [5.41, 5.74) is 3.13. The first-order valence-electron chi connectivity index (χ1n) is 11.8. The van der Waals surface area contributed by atoms with Crippen molar-refractivity contribution in [2.45, 2.75) is 32.4 Å². The molecular formula is C27H31N3O5. The Morgan fingerprint density at radius 3 is 2.60 bits per heavy atom. The van der Waals surface area contributed by atoms with E-state index in [0.717, 1.165) is 36.3 Å². The van der Waals surface area contributed by atoms with Gasteiger partial charge in [-0.1, -0.05) is 18.2 Å². The van der Waals surface area contributed by atoms with Crippen LogP contribution in [-0.2, 0) is 30.7 Å². The van der Waals surface area contributed by atoms with E-state index in [1.165, 1.54) is 13.2 Å². The maximum absolute atomic E-state index is 13.0. The third-order valence-corrected chi connectivity index (χ3v) is 6.23. The molecule has 0 aliphatic carbocycles. The molecule has 1 aliphatic rings. The van der Waals surface area contributed by atoms with Gasteiger partial charge in [-0.15, -0.1) is 0 Å². The van der Waals surface area contributed by atoms with E-state index < -0.39 is 5.97 Å². The summed E-state index contributed by atoms with van der Waals surface area (Å²) in [6.45, 7) is 3.03. The van der Waals surface area contributed by atoms with Crippen molar-refractivity contribution in [3.05, 3.63) is 87.6 Å². The van der Waals surface area contributed by atoms with Crippen molar-refractivity contribution in [3.8, 4) is 11.5 Å². The molecule has 0 saturated carbocycles. The highest BCUT2D eigenvalue weighted by Crippen LogP contribution is 2.25. The molecule has 8 heteroatoms. The molecule has 1 aliphatic heterocycles. The number of carbonyl (C=O) groups excluding carboxylic acids is 1. The molecule has 0 spiro atoms. The van der Waals surface area contributed by atoms with Gasteiger partial charge in [-0.05, 0) is 42.2 Å². The van der Waals surface area contributed by atoms with Crippen molar-refractivity contribution in [2.75, 3.05) is 33.9 Å². The summed E-state index contributed by atoms with van der Waals surface area (Å²) in [7, 11) is 3.00. The molecule has 0 radical (unpaired) electrons. The Kier molecular flexibility index (Phi) is 8.15. The number of pyridine rings is 2. The zero-order chi connectivity index (χ0) is 24.6. The van der Waals surface area contributed by atoms with Crippen LogP contribution in [0.1, 0.15) is 33.6 Å². The maximum atomic E-state index is 13.0. The molecule has 0 saturated heterocycles. The Morgan fingerprint density at radius 1 is 1.06 bits per heavy atom. The Labute approximate surface area is 205 Å². The van der Waals surface area contributed by atoms with Crippen molar-refractivity contribution >= 4 is 5.97 Å². The molecule has 0 fully saturated rings. The topological polar surface area (TPSA) is 82.9 Å². The molecule has 184 valence electrons. The fourth-order valence-corrected chi connectivity index (χ4v) is 4.38. The summed E-state index contributed by atoms with van der Waals surface area (Å²) in [5, 5.41) is 0. The van der Waals surface area contributed by atoms with E-state index in [0.29, 0.717) is 49.7 Å². The summed E-state index contributed by atoms with van der Waals surface area (Å²) in [6.07, 6.45) is 5.64. The number of aromatic nitrogens is 2. The lowest BCUT2D eigenvalue weighted by atomic mass is 10.1. The Bertz CT molecular complexity index is 1190. The number of methoxy groups -OCH3 is 2. The molecule has 0 amide bonds. The van der Waals surface area contributed by atoms with Crippen LogP contribution in [0.3, 0.4) is 0 Å². The number of hydrogen-bond acceptors (Lipinski definition) is 7. The summed E-state index contributed by atoms with van der Waals surface area (Å²) < 4.78 is 18.0. The highest BCUT2D eigenvalue weighted by Gasteiger charge is 2.26. The van der Waals surface area contributed by atoms with Crippen LogP contribution in [0.5, 0.6) is 11.5 Å². The first-order valence-corrected chi connectivity index (χ1v) is 11.8. The maximum Gasteiger partial charge on any atom is 0.343 e. The Balaban J connectivity index is 1.49. The van der Waals surface area contributed by atoms with Gasteiger partial charge in [0.25, 0.3) is 5.56 Å². The summed E-state index contributed by atoms with van der Waals surface area (Å²) in [6, 6.07) is 13.3. The zero-order valence-corrected chi connectivity index (χ0v) is 20.2. The summed E-state index contributed by atoms with van der Waals surface area (Å²) in [4.78, 5) is 32.2. The van der Waals surface area contributed by atoms with Crippen LogP contribution in [0.2, 0.25) is 0 Å². The first-order chi connectivity index (χ1) is 17.1.